The largest absolute Gasteiger partial charge is 0.419 e. The van der Waals surface area contributed by atoms with Crippen LogP contribution in [0.25, 0.3) is 0 Å². The number of benzene rings is 1. The minimum Gasteiger partial charge on any atom is -0.419 e. The van der Waals surface area contributed by atoms with Crippen LogP contribution in [0.1, 0.15) is 13.8 Å². The third-order valence-electron chi connectivity index (χ3n) is 2.72. The lowest BCUT2D eigenvalue weighted by Crippen LogP contribution is -2.42. The van der Waals surface area contributed by atoms with Crippen molar-refractivity contribution in [2.75, 3.05) is 5.32 Å². The van der Waals surface area contributed by atoms with Crippen LogP contribution in [0, 0.1) is 15.9 Å². The third-order valence-corrected chi connectivity index (χ3v) is 3.03. The summed E-state index contributed by atoms with van der Waals surface area (Å²) in [7, 11) is 0. The SMILES string of the molecule is CC1(C)OC(=O)C(=CNc2cc(F)c([N+](=O)[O-])cc2Cl)C(=O)O1. The fourth-order valence-electron chi connectivity index (χ4n) is 1.72. The lowest BCUT2D eigenvalue weighted by molar-refractivity contribution is -0.387. The molecule has 0 aliphatic carbocycles. The zero-order chi connectivity index (χ0) is 17.4. The Balaban J connectivity index is 2.27. The second-order valence-corrected chi connectivity index (χ2v) is 5.33. The molecular formula is C13H10ClFN2O6. The fourth-order valence-corrected chi connectivity index (χ4v) is 1.93. The number of ether oxygens (including phenoxy) is 2. The Labute approximate surface area is 134 Å². The van der Waals surface area contributed by atoms with Gasteiger partial charge in [-0.15, -0.1) is 0 Å². The van der Waals surface area contributed by atoms with E-state index in [0.717, 1.165) is 18.3 Å². The molecule has 0 aromatic heterocycles. The van der Waals surface area contributed by atoms with Gasteiger partial charge in [0.05, 0.1) is 15.6 Å². The smallest absolute Gasteiger partial charge is 0.350 e. The van der Waals surface area contributed by atoms with E-state index in [0.29, 0.717) is 0 Å². The second kappa shape index (κ2) is 5.84. The Morgan fingerprint density at radius 1 is 1.30 bits per heavy atom. The number of anilines is 1. The number of nitro benzene ring substituents is 1. The van der Waals surface area contributed by atoms with Gasteiger partial charge in [-0.1, -0.05) is 11.6 Å². The molecule has 1 aliphatic rings. The molecule has 0 spiro atoms. The highest BCUT2D eigenvalue weighted by Crippen LogP contribution is 2.30. The summed E-state index contributed by atoms with van der Waals surface area (Å²) in [6.07, 6.45) is 0.923. The van der Waals surface area contributed by atoms with Gasteiger partial charge in [-0.25, -0.2) is 9.59 Å². The van der Waals surface area contributed by atoms with Crippen molar-refractivity contribution in [3.63, 3.8) is 0 Å². The van der Waals surface area contributed by atoms with Gasteiger partial charge in [-0.2, -0.15) is 4.39 Å². The third kappa shape index (κ3) is 3.57. The first-order valence-electron chi connectivity index (χ1n) is 6.17. The van der Waals surface area contributed by atoms with Crippen molar-refractivity contribution in [1.29, 1.82) is 0 Å². The molecule has 1 aliphatic heterocycles. The Hall–Kier alpha value is -2.68. The standard InChI is InChI=1S/C13H10ClFN2O6/c1-13(2)22-11(18)6(12(19)23-13)5-16-9-4-8(15)10(17(20)21)3-7(9)14/h3-5,16H,1-2H3. The summed E-state index contributed by atoms with van der Waals surface area (Å²) in [4.78, 5) is 33.1. The van der Waals surface area contributed by atoms with Crippen molar-refractivity contribution < 1.29 is 28.4 Å². The first-order chi connectivity index (χ1) is 10.6. The van der Waals surface area contributed by atoms with Crippen molar-refractivity contribution in [2.45, 2.75) is 19.6 Å². The molecule has 8 nitrogen and oxygen atoms in total. The number of hydrogen-bond acceptors (Lipinski definition) is 7. The number of nitrogens with one attached hydrogen (secondary N) is 1. The van der Waals surface area contributed by atoms with Gasteiger partial charge in [0.25, 0.3) is 5.79 Å². The van der Waals surface area contributed by atoms with E-state index < -0.39 is 39.7 Å². The molecule has 1 N–H and O–H groups in total. The molecular weight excluding hydrogens is 335 g/mol. The highest BCUT2D eigenvalue weighted by atomic mass is 35.5. The lowest BCUT2D eigenvalue weighted by atomic mass is 10.2. The van der Waals surface area contributed by atoms with Gasteiger partial charge in [-0.05, 0) is 0 Å². The van der Waals surface area contributed by atoms with E-state index in [1.165, 1.54) is 13.8 Å². The van der Waals surface area contributed by atoms with Crippen LogP contribution in [0.5, 0.6) is 0 Å². The molecule has 0 atom stereocenters. The van der Waals surface area contributed by atoms with E-state index >= 15 is 0 Å². The highest BCUT2D eigenvalue weighted by molar-refractivity contribution is 6.33. The van der Waals surface area contributed by atoms with E-state index in [1.54, 1.807) is 0 Å². The number of carbonyl (C=O) groups excluding carboxylic acids is 2. The minimum absolute atomic E-state index is 0.0762. The van der Waals surface area contributed by atoms with Crippen molar-refractivity contribution >= 4 is 34.9 Å². The van der Waals surface area contributed by atoms with Crippen LogP contribution in [0.15, 0.2) is 23.9 Å². The summed E-state index contributed by atoms with van der Waals surface area (Å²) in [5.41, 5.74) is -1.33. The average molecular weight is 345 g/mol. The maximum absolute atomic E-state index is 13.6. The maximum atomic E-state index is 13.6. The van der Waals surface area contributed by atoms with Gasteiger partial charge in [0, 0.05) is 32.2 Å². The first kappa shape index (κ1) is 16.7. The monoisotopic (exact) mass is 344 g/mol. The summed E-state index contributed by atoms with van der Waals surface area (Å²) in [5.74, 6) is -4.38. The molecule has 0 saturated carbocycles. The Morgan fingerprint density at radius 2 is 1.87 bits per heavy atom. The molecule has 0 radical (unpaired) electrons. The molecule has 1 aromatic rings. The summed E-state index contributed by atoms with van der Waals surface area (Å²) in [6.45, 7) is 2.77. The summed E-state index contributed by atoms with van der Waals surface area (Å²) >= 11 is 5.79. The Morgan fingerprint density at radius 3 is 2.39 bits per heavy atom. The maximum Gasteiger partial charge on any atom is 0.350 e. The molecule has 2 rings (SSSR count). The molecule has 122 valence electrons. The molecule has 10 heteroatoms. The zero-order valence-electron chi connectivity index (χ0n) is 11.9. The molecule has 23 heavy (non-hydrogen) atoms. The van der Waals surface area contributed by atoms with Crippen LogP contribution >= 0.6 is 11.6 Å². The van der Waals surface area contributed by atoms with Crippen molar-refractivity contribution in [3.05, 3.63) is 44.9 Å². The van der Waals surface area contributed by atoms with Crippen LogP contribution in [-0.4, -0.2) is 22.6 Å². The molecule has 0 amide bonds. The Kier molecular flexibility index (Phi) is 4.24. The van der Waals surface area contributed by atoms with Gasteiger partial charge in [0.15, 0.2) is 5.57 Å². The normalized spacial score (nSPS) is 16.4. The molecule has 0 bridgehead atoms. The molecule has 1 heterocycles. The quantitative estimate of drug-likeness (QED) is 0.295. The number of carbonyl (C=O) groups is 2. The minimum atomic E-state index is -1.39. The van der Waals surface area contributed by atoms with E-state index in [4.69, 9.17) is 21.1 Å². The fraction of sp³-hybridized carbons (Fsp3) is 0.231. The summed E-state index contributed by atoms with van der Waals surface area (Å²) < 4.78 is 23.3. The van der Waals surface area contributed by atoms with Crippen LogP contribution in [-0.2, 0) is 19.1 Å². The first-order valence-corrected chi connectivity index (χ1v) is 6.55. The van der Waals surface area contributed by atoms with Gasteiger partial charge in [-0.3, -0.25) is 10.1 Å². The van der Waals surface area contributed by atoms with E-state index in [9.17, 15) is 24.1 Å². The van der Waals surface area contributed by atoms with Crippen molar-refractivity contribution in [3.8, 4) is 0 Å². The topological polar surface area (TPSA) is 108 Å². The van der Waals surface area contributed by atoms with Crippen molar-refractivity contribution in [1.82, 2.24) is 0 Å². The number of nitro groups is 1. The predicted molar refractivity (Wildman–Crippen MR) is 76.0 cm³/mol. The number of hydrogen-bond donors (Lipinski definition) is 1. The highest BCUT2D eigenvalue weighted by Gasteiger charge is 2.39. The molecule has 1 fully saturated rings. The number of esters is 2. The van der Waals surface area contributed by atoms with E-state index in [2.05, 4.69) is 5.32 Å². The van der Waals surface area contributed by atoms with Crippen molar-refractivity contribution in [2.24, 2.45) is 0 Å². The van der Waals surface area contributed by atoms with Gasteiger partial charge in [0.2, 0.25) is 5.82 Å². The van der Waals surface area contributed by atoms with E-state index in [1.807, 2.05) is 0 Å². The van der Waals surface area contributed by atoms with Crippen LogP contribution in [0.3, 0.4) is 0 Å². The average Bonchev–Trinajstić information content (AvgIpc) is 2.39. The molecule has 0 unspecified atom stereocenters. The Bertz CT molecular complexity index is 724. The van der Waals surface area contributed by atoms with Crippen LogP contribution < -0.4 is 5.32 Å². The lowest BCUT2D eigenvalue weighted by Gasteiger charge is -2.29. The molecule has 1 aromatic carbocycles. The number of nitrogens with zero attached hydrogens (tertiary/aromatic N) is 1. The number of halogens is 2. The van der Waals surface area contributed by atoms with E-state index in [-0.39, 0.29) is 10.7 Å². The van der Waals surface area contributed by atoms with Gasteiger partial charge in [0.1, 0.15) is 0 Å². The van der Waals surface area contributed by atoms with Gasteiger partial charge < -0.3 is 14.8 Å². The zero-order valence-corrected chi connectivity index (χ0v) is 12.6. The summed E-state index contributed by atoms with van der Waals surface area (Å²) in [6, 6.07) is 1.57. The van der Waals surface area contributed by atoms with Gasteiger partial charge >= 0.3 is 17.6 Å². The number of rotatable bonds is 3. The number of cyclic esters (lactones) is 2. The van der Waals surface area contributed by atoms with Crippen LogP contribution in [0.4, 0.5) is 15.8 Å². The second-order valence-electron chi connectivity index (χ2n) is 4.92. The van der Waals surface area contributed by atoms with Crippen LogP contribution in [0.2, 0.25) is 5.02 Å². The summed E-state index contributed by atoms with van der Waals surface area (Å²) in [5, 5.41) is 12.8. The predicted octanol–water partition coefficient (Wildman–Crippen LogP) is 2.52. The molecule has 1 saturated heterocycles.